The van der Waals surface area contributed by atoms with Gasteiger partial charge >= 0.3 is 0 Å². The van der Waals surface area contributed by atoms with Crippen LogP contribution >= 0.6 is 23.2 Å². The molecule has 6 heteroatoms. The van der Waals surface area contributed by atoms with E-state index in [4.69, 9.17) is 23.2 Å². The average Bonchev–Trinajstić information content (AvgIpc) is 2.67. The van der Waals surface area contributed by atoms with E-state index in [1.807, 2.05) is 51.1 Å². The molecule has 2 aromatic rings. The number of hydrogen-bond donors (Lipinski definition) is 1. The first-order valence-electron chi connectivity index (χ1n) is 9.90. The molecule has 0 heterocycles. The molecule has 0 bridgehead atoms. The molecule has 4 nitrogen and oxygen atoms in total. The predicted molar refractivity (Wildman–Crippen MR) is 119 cm³/mol. The summed E-state index contributed by atoms with van der Waals surface area (Å²) in [5.74, 6) is -0.278. The molecule has 0 radical (unpaired) electrons. The standard InChI is InChI=1S/C23H28Cl2N2O2/c1-4-9-22(28)27(15-18-19(24)12-8-13-20(18)25)21(23(29)26-16(2)3)14-17-10-6-5-7-11-17/h5-8,10-13,16,21H,4,9,14-15H2,1-3H3,(H,26,29). The minimum Gasteiger partial charge on any atom is -0.352 e. The van der Waals surface area contributed by atoms with Gasteiger partial charge in [-0.1, -0.05) is 66.5 Å². The maximum atomic E-state index is 13.1. The second kappa shape index (κ2) is 11.2. The van der Waals surface area contributed by atoms with Crippen molar-refractivity contribution in [1.82, 2.24) is 10.2 Å². The molecule has 156 valence electrons. The van der Waals surface area contributed by atoms with Gasteiger partial charge in [-0.15, -0.1) is 0 Å². The third kappa shape index (κ3) is 6.76. The monoisotopic (exact) mass is 434 g/mol. The predicted octanol–water partition coefficient (Wildman–Crippen LogP) is 5.26. The fourth-order valence-corrected chi connectivity index (χ4v) is 3.66. The van der Waals surface area contributed by atoms with Crippen LogP contribution in [0.1, 0.15) is 44.7 Å². The number of benzene rings is 2. The summed E-state index contributed by atoms with van der Waals surface area (Å²) in [5, 5.41) is 3.92. The number of nitrogens with one attached hydrogen (secondary N) is 1. The summed E-state index contributed by atoms with van der Waals surface area (Å²) in [6, 6.07) is 14.2. The summed E-state index contributed by atoms with van der Waals surface area (Å²) in [6.45, 7) is 5.93. The number of hydrogen-bond acceptors (Lipinski definition) is 2. The van der Waals surface area contributed by atoms with Crippen molar-refractivity contribution in [2.75, 3.05) is 0 Å². The Balaban J connectivity index is 2.44. The lowest BCUT2D eigenvalue weighted by molar-refractivity contribution is -0.141. The molecule has 0 fully saturated rings. The van der Waals surface area contributed by atoms with Crippen molar-refractivity contribution in [3.05, 3.63) is 69.7 Å². The van der Waals surface area contributed by atoms with Crippen LogP contribution in [-0.4, -0.2) is 28.8 Å². The van der Waals surface area contributed by atoms with Gasteiger partial charge < -0.3 is 10.2 Å². The molecule has 0 aromatic heterocycles. The number of carbonyl (C=O) groups is 2. The minimum atomic E-state index is -0.661. The van der Waals surface area contributed by atoms with Crippen LogP contribution in [0.2, 0.25) is 10.0 Å². The van der Waals surface area contributed by atoms with Crippen LogP contribution in [0.15, 0.2) is 48.5 Å². The SMILES string of the molecule is CCCC(=O)N(Cc1c(Cl)cccc1Cl)C(Cc1ccccc1)C(=O)NC(C)C. The summed E-state index contributed by atoms with van der Waals surface area (Å²) in [6.07, 6.45) is 1.45. The maximum absolute atomic E-state index is 13.1. The highest BCUT2D eigenvalue weighted by Gasteiger charge is 2.31. The Bertz CT molecular complexity index is 805. The fourth-order valence-electron chi connectivity index (χ4n) is 3.15. The van der Waals surface area contributed by atoms with E-state index in [1.54, 1.807) is 23.1 Å². The molecule has 29 heavy (non-hydrogen) atoms. The molecular weight excluding hydrogens is 407 g/mol. The fraction of sp³-hybridized carbons (Fsp3) is 0.391. The Morgan fingerprint density at radius 2 is 1.62 bits per heavy atom. The van der Waals surface area contributed by atoms with Gasteiger partial charge in [0, 0.05) is 41.0 Å². The maximum Gasteiger partial charge on any atom is 0.243 e. The van der Waals surface area contributed by atoms with Crippen LogP contribution in [0, 0.1) is 0 Å². The highest BCUT2D eigenvalue weighted by Crippen LogP contribution is 2.27. The van der Waals surface area contributed by atoms with Crippen LogP contribution in [0.3, 0.4) is 0 Å². The second-order valence-corrected chi connectivity index (χ2v) is 8.16. The van der Waals surface area contributed by atoms with E-state index in [0.29, 0.717) is 34.9 Å². The molecule has 0 spiro atoms. The first kappa shape index (κ1) is 23.2. The Hall–Kier alpha value is -2.04. The number of amides is 2. The Morgan fingerprint density at radius 3 is 2.17 bits per heavy atom. The topological polar surface area (TPSA) is 49.4 Å². The van der Waals surface area contributed by atoms with E-state index in [9.17, 15) is 9.59 Å². The number of rotatable bonds is 9. The van der Waals surface area contributed by atoms with Crippen LogP contribution < -0.4 is 5.32 Å². The first-order chi connectivity index (χ1) is 13.8. The van der Waals surface area contributed by atoms with E-state index in [1.165, 1.54) is 0 Å². The number of nitrogens with zero attached hydrogens (tertiary/aromatic N) is 1. The quantitative estimate of drug-likeness (QED) is 0.584. The smallest absolute Gasteiger partial charge is 0.243 e. The Kier molecular flexibility index (Phi) is 8.99. The van der Waals surface area contributed by atoms with E-state index in [2.05, 4.69) is 5.32 Å². The summed E-state index contributed by atoms with van der Waals surface area (Å²) in [7, 11) is 0. The molecule has 0 aliphatic rings. The zero-order valence-corrected chi connectivity index (χ0v) is 18.6. The van der Waals surface area contributed by atoms with Gasteiger partial charge in [0.25, 0.3) is 0 Å². The number of carbonyl (C=O) groups excluding carboxylic acids is 2. The molecule has 2 rings (SSSR count). The molecule has 2 aromatic carbocycles. The van der Waals surface area contributed by atoms with Crippen molar-refractivity contribution < 1.29 is 9.59 Å². The van der Waals surface area contributed by atoms with Crippen LogP contribution in [0.25, 0.3) is 0 Å². The highest BCUT2D eigenvalue weighted by atomic mass is 35.5. The lowest BCUT2D eigenvalue weighted by Crippen LogP contribution is -2.51. The van der Waals surface area contributed by atoms with E-state index in [0.717, 1.165) is 5.56 Å². The van der Waals surface area contributed by atoms with Gasteiger partial charge in [0.2, 0.25) is 11.8 Å². The average molecular weight is 435 g/mol. The lowest BCUT2D eigenvalue weighted by atomic mass is 10.0. The van der Waals surface area contributed by atoms with Gasteiger partial charge in [-0.3, -0.25) is 9.59 Å². The molecule has 0 aliphatic carbocycles. The molecule has 0 aliphatic heterocycles. The third-order valence-electron chi connectivity index (χ3n) is 4.56. The molecule has 1 atom stereocenters. The summed E-state index contributed by atoms with van der Waals surface area (Å²) in [4.78, 5) is 27.8. The van der Waals surface area contributed by atoms with Crippen molar-refractivity contribution in [2.24, 2.45) is 0 Å². The van der Waals surface area contributed by atoms with E-state index >= 15 is 0 Å². The molecule has 2 amide bonds. The second-order valence-electron chi connectivity index (χ2n) is 7.34. The van der Waals surface area contributed by atoms with Crippen LogP contribution in [0.4, 0.5) is 0 Å². The molecular formula is C23H28Cl2N2O2. The van der Waals surface area contributed by atoms with Gasteiger partial charge in [-0.2, -0.15) is 0 Å². The summed E-state index contributed by atoms with van der Waals surface area (Å²) >= 11 is 12.7. The van der Waals surface area contributed by atoms with Crippen LogP contribution in [-0.2, 0) is 22.6 Å². The van der Waals surface area contributed by atoms with Gasteiger partial charge in [0.15, 0.2) is 0 Å². The van der Waals surface area contributed by atoms with Crippen LogP contribution in [0.5, 0.6) is 0 Å². The van der Waals surface area contributed by atoms with Crippen molar-refractivity contribution >= 4 is 35.0 Å². The Labute approximate surface area is 183 Å². The number of halogens is 2. The third-order valence-corrected chi connectivity index (χ3v) is 5.26. The molecule has 1 N–H and O–H groups in total. The highest BCUT2D eigenvalue weighted by molar-refractivity contribution is 6.36. The summed E-state index contributed by atoms with van der Waals surface area (Å²) < 4.78 is 0. The van der Waals surface area contributed by atoms with Gasteiger partial charge in [-0.25, -0.2) is 0 Å². The molecule has 0 saturated carbocycles. The normalized spacial score (nSPS) is 11.9. The minimum absolute atomic E-state index is 0.0344. The van der Waals surface area contributed by atoms with Crippen molar-refractivity contribution in [3.63, 3.8) is 0 Å². The van der Waals surface area contributed by atoms with Gasteiger partial charge in [-0.05, 0) is 38.0 Å². The van der Waals surface area contributed by atoms with E-state index < -0.39 is 6.04 Å². The Morgan fingerprint density at radius 1 is 1.00 bits per heavy atom. The largest absolute Gasteiger partial charge is 0.352 e. The summed E-state index contributed by atoms with van der Waals surface area (Å²) in [5.41, 5.74) is 1.63. The van der Waals surface area contributed by atoms with Crippen molar-refractivity contribution in [2.45, 2.75) is 58.7 Å². The molecule has 0 saturated heterocycles. The molecule has 1 unspecified atom stereocenters. The first-order valence-corrected chi connectivity index (χ1v) is 10.7. The zero-order chi connectivity index (χ0) is 21.4. The van der Waals surface area contributed by atoms with Gasteiger partial charge in [0.1, 0.15) is 6.04 Å². The van der Waals surface area contributed by atoms with Crippen molar-refractivity contribution in [1.29, 1.82) is 0 Å². The van der Waals surface area contributed by atoms with E-state index in [-0.39, 0.29) is 24.4 Å². The zero-order valence-electron chi connectivity index (χ0n) is 17.1. The van der Waals surface area contributed by atoms with Crippen molar-refractivity contribution in [3.8, 4) is 0 Å². The lowest BCUT2D eigenvalue weighted by Gasteiger charge is -2.32. The van der Waals surface area contributed by atoms with Gasteiger partial charge in [0.05, 0.1) is 0 Å².